The molecule has 0 spiro atoms. The second-order valence-electron chi connectivity index (χ2n) is 23.7. The number of hydrogen-bond acceptors (Lipinski definition) is 14. The van der Waals surface area contributed by atoms with Crippen LogP contribution in [0.2, 0.25) is 0 Å². The third-order valence-corrected chi connectivity index (χ3v) is 17.9. The molecule has 4 aliphatic heterocycles. The van der Waals surface area contributed by atoms with Crippen molar-refractivity contribution in [2.24, 2.45) is 0 Å². The summed E-state index contributed by atoms with van der Waals surface area (Å²) in [6.45, 7) is 0. The molecule has 15 aromatic rings. The summed E-state index contributed by atoms with van der Waals surface area (Å²) in [5.74, 6) is 8.46. The third-order valence-electron chi connectivity index (χ3n) is 17.9. The molecule has 19 rings (SSSR count). The SMILES string of the molecule is c1ccc(-c2nnc(-c3ccc(N4c5ccccc5Oc5c(-c6ccc7c(c6)Oc6ccccc6N7c6ccc(-c7nc(-c8ccc(N9c%10ccccc%10Oc%10ccccc%109)cc8)nc(-c8ccc(N9c%10ccccc%10Oc%10ccccc%109)cc8)n7)cc6)cccc54)cc3)o2)cc1. The van der Waals surface area contributed by atoms with Crippen LogP contribution in [0.3, 0.4) is 0 Å². The number of fused-ring (bicyclic) bond motifs is 8. The van der Waals surface area contributed by atoms with Crippen LogP contribution in [0.1, 0.15) is 0 Å². The second kappa shape index (κ2) is 22.6. The topological polar surface area (TPSA) is 127 Å². The number of aromatic nitrogens is 5. The van der Waals surface area contributed by atoms with E-state index in [1.165, 1.54) is 0 Å². The first-order chi connectivity index (χ1) is 48.0. The lowest BCUT2D eigenvalue weighted by molar-refractivity contribution is 0.475. The molecule has 4 aliphatic rings. The van der Waals surface area contributed by atoms with Crippen molar-refractivity contribution in [3.8, 4) is 114 Å². The van der Waals surface area contributed by atoms with Crippen LogP contribution in [0.15, 0.2) is 314 Å². The van der Waals surface area contributed by atoms with Gasteiger partial charge in [-0.1, -0.05) is 109 Å². The maximum absolute atomic E-state index is 6.90. The summed E-state index contributed by atoms with van der Waals surface area (Å²) >= 11 is 0. The van der Waals surface area contributed by atoms with E-state index in [0.717, 1.165) is 142 Å². The standard InChI is InChI=1S/C83H51N9O5/c1-2-17-55(18-3-1)82-87-88-83(97-82)56-39-48-61(49-40-56)92-68-25-9-15-32-76(68)96-78-62(19-16-26-70(78)92)57-41-50-69-77(51-57)95-75-31-14-8-24-67(75)91(69)60-46-37-54(38-47-60)81-85-79(52-33-42-58(43-34-52)89-63-20-4-10-27-71(63)93-72-28-11-5-21-64(72)89)84-80(86-81)53-35-44-59(45-36-53)90-65-22-6-12-29-73(65)94-74-30-13-7-23-66(74)90/h1-51H. The van der Waals surface area contributed by atoms with E-state index in [0.29, 0.717) is 40.8 Å². The van der Waals surface area contributed by atoms with E-state index >= 15 is 0 Å². The molecule has 97 heavy (non-hydrogen) atoms. The Bertz CT molecular complexity index is 5320. The van der Waals surface area contributed by atoms with E-state index in [1.807, 2.05) is 152 Å². The van der Waals surface area contributed by atoms with Gasteiger partial charge in [-0.3, -0.25) is 0 Å². The predicted molar refractivity (Wildman–Crippen MR) is 379 cm³/mol. The van der Waals surface area contributed by atoms with Gasteiger partial charge in [0.1, 0.15) is 0 Å². The Kier molecular flexibility index (Phi) is 12.8. The molecule has 6 heterocycles. The fourth-order valence-electron chi connectivity index (χ4n) is 13.3. The molecule has 13 aromatic carbocycles. The van der Waals surface area contributed by atoms with E-state index in [9.17, 15) is 0 Å². The molecule has 0 aliphatic carbocycles. The number of nitrogens with zero attached hydrogens (tertiary/aromatic N) is 9. The molecule has 0 fully saturated rings. The van der Waals surface area contributed by atoms with E-state index < -0.39 is 0 Å². The molecule has 0 bridgehead atoms. The van der Waals surface area contributed by atoms with Gasteiger partial charge in [-0.05, 0) is 206 Å². The summed E-state index contributed by atoms with van der Waals surface area (Å²) in [6, 6.07) is 104. The van der Waals surface area contributed by atoms with E-state index in [-0.39, 0.29) is 0 Å². The summed E-state index contributed by atoms with van der Waals surface area (Å²) in [5.41, 5.74) is 17.1. The van der Waals surface area contributed by atoms with Crippen molar-refractivity contribution < 1.29 is 23.4 Å². The van der Waals surface area contributed by atoms with Crippen LogP contribution in [0, 0.1) is 0 Å². The van der Waals surface area contributed by atoms with Crippen LogP contribution in [-0.4, -0.2) is 25.1 Å². The van der Waals surface area contributed by atoms with Crippen LogP contribution in [0.25, 0.3) is 68.2 Å². The predicted octanol–water partition coefficient (Wildman–Crippen LogP) is 22.6. The van der Waals surface area contributed by atoms with E-state index in [4.69, 9.17) is 38.3 Å². The summed E-state index contributed by atoms with van der Waals surface area (Å²) < 4.78 is 32.6. The molecule has 2 aromatic heterocycles. The molecule has 0 N–H and O–H groups in total. The zero-order chi connectivity index (χ0) is 63.9. The summed E-state index contributed by atoms with van der Waals surface area (Å²) in [6.07, 6.45) is 0. The smallest absolute Gasteiger partial charge is 0.248 e. The van der Waals surface area contributed by atoms with Crippen LogP contribution in [0.4, 0.5) is 68.2 Å². The van der Waals surface area contributed by atoms with Gasteiger partial charge in [-0.2, -0.15) is 0 Å². The van der Waals surface area contributed by atoms with Gasteiger partial charge in [0.05, 0.1) is 45.5 Å². The summed E-state index contributed by atoms with van der Waals surface area (Å²) in [4.78, 5) is 24.7. The van der Waals surface area contributed by atoms with Crippen molar-refractivity contribution >= 4 is 68.2 Å². The van der Waals surface area contributed by atoms with E-state index in [1.54, 1.807) is 0 Å². The maximum Gasteiger partial charge on any atom is 0.248 e. The molecule has 14 heteroatoms. The molecule has 0 amide bonds. The first kappa shape index (κ1) is 55.1. The van der Waals surface area contributed by atoms with Crippen LogP contribution < -0.4 is 38.5 Å². The highest BCUT2D eigenvalue weighted by molar-refractivity contribution is 5.95. The quantitative estimate of drug-likeness (QED) is 0.129. The summed E-state index contributed by atoms with van der Waals surface area (Å²) in [5, 5.41) is 8.72. The molecule has 14 nitrogen and oxygen atoms in total. The first-order valence-corrected chi connectivity index (χ1v) is 31.9. The zero-order valence-corrected chi connectivity index (χ0v) is 51.5. The number of rotatable bonds is 10. The van der Waals surface area contributed by atoms with Gasteiger partial charge >= 0.3 is 0 Å². The number of anilines is 12. The number of ether oxygens (including phenoxy) is 4. The number of hydrogen-bond donors (Lipinski definition) is 0. The Morgan fingerprint density at radius 2 is 0.515 bits per heavy atom. The van der Waals surface area contributed by atoms with Crippen LogP contribution >= 0.6 is 0 Å². The van der Waals surface area contributed by atoms with Gasteiger partial charge in [0.15, 0.2) is 63.5 Å². The molecule has 458 valence electrons. The Morgan fingerprint density at radius 3 is 0.918 bits per heavy atom. The van der Waals surface area contributed by atoms with Crippen LogP contribution in [0.5, 0.6) is 46.0 Å². The highest BCUT2D eigenvalue weighted by Crippen LogP contribution is 2.57. The van der Waals surface area contributed by atoms with Crippen molar-refractivity contribution in [3.63, 3.8) is 0 Å². The van der Waals surface area contributed by atoms with Crippen molar-refractivity contribution in [3.05, 3.63) is 309 Å². The van der Waals surface area contributed by atoms with Crippen LogP contribution in [-0.2, 0) is 0 Å². The third kappa shape index (κ3) is 9.53. The Morgan fingerprint density at radius 1 is 0.216 bits per heavy atom. The largest absolute Gasteiger partial charge is 0.453 e. The van der Waals surface area contributed by atoms with Gasteiger partial charge in [0.25, 0.3) is 0 Å². The highest BCUT2D eigenvalue weighted by Gasteiger charge is 2.33. The molecule has 0 saturated carbocycles. The monoisotopic (exact) mass is 1250 g/mol. The average molecular weight is 1250 g/mol. The van der Waals surface area contributed by atoms with Gasteiger partial charge < -0.3 is 43.0 Å². The van der Waals surface area contributed by atoms with Gasteiger partial charge in [-0.15, -0.1) is 10.2 Å². The minimum Gasteiger partial charge on any atom is -0.453 e. The maximum atomic E-state index is 6.90. The lowest BCUT2D eigenvalue weighted by Crippen LogP contribution is -2.16. The first-order valence-electron chi connectivity index (χ1n) is 31.9. The molecular formula is C83H51N9O5. The molecule has 0 atom stereocenters. The van der Waals surface area contributed by atoms with Gasteiger partial charge in [0, 0.05) is 56.1 Å². The fraction of sp³-hybridized carbons (Fsp3) is 0. The Labute approximate surface area is 557 Å². The number of para-hydroxylation sites is 13. The minimum atomic E-state index is 0.441. The Hall–Kier alpha value is -13.6. The van der Waals surface area contributed by atoms with Crippen molar-refractivity contribution in [1.29, 1.82) is 0 Å². The molecule has 0 saturated heterocycles. The fourth-order valence-corrected chi connectivity index (χ4v) is 13.3. The summed E-state index contributed by atoms with van der Waals surface area (Å²) in [7, 11) is 0. The highest BCUT2D eigenvalue weighted by atomic mass is 16.5. The minimum absolute atomic E-state index is 0.441. The average Bonchev–Trinajstić information content (AvgIpc) is 0.825. The van der Waals surface area contributed by atoms with E-state index in [2.05, 4.69) is 188 Å². The van der Waals surface area contributed by atoms with Crippen molar-refractivity contribution in [1.82, 2.24) is 25.1 Å². The van der Waals surface area contributed by atoms with Gasteiger partial charge in [0.2, 0.25) is 11.8 Å². The molecule has 0 radical (unpaired) electrons. The normalized spacial score (nSPS) is 12.8. The second-order valence-corrected chi connectivity index (χ2v) is 23.7. The van der Waals surface area contributed by atoms with Gasteiger partial charge in [-0.25, -0.2) is 15.0 Å². The molecule has 0 unspecified atom stereocenters. The zero-order valence-electron chi connectivity index (χ0n) is 51.5. The lowest BCUT2D eigenvalue weighted by atomic mass is 9.99. The van der Waals surface area contributed by atoms with Crippen molar-refractivity contribution in [2.45, 2.75) is 0 Å². The lowest BCUT2D eigenvalue weighted by Gasteiger charge is -2.34. The Balaban J connectivity index is 0.665. The van der Waals surface area contributed by atoms with Crippen molar-refractivity contribution in [2.75, 3.05) is 19.6 Å². The molecular weight excluding hydrogens is 1200 g/mol. The number of benzene rings is 13.